The fraction of sp³-hybridized carbons (Fsp3) is 0.320. The highest BCUT2D eigenvalue weighted by molar-refractivity contribution is 8.01. The van der Waals surface area contributed by atoms with Crippen molar-refractivity contribution in [2.75, 3.05) is 17.3 Å². The Labute approximate surface area is 247 Å². The Morgan fingerprint density at radius 3 is 2.56 bits per heavy atom. The summed E-state index contributed by atoms with van der Waals surface area (Å²) in [6.45, 7) is 0.589. The van der Waals surface area contributed by atoms with E-state index in [0.29, 0.717) is 45.0 Å². The van der Waals surface area contributed by atoms with Gasteiger partial charge in [-0.25, -0.2) is 9.36 Å². The maximum absolute atomic E-state index is 12.9. The van der Waals surface area contributed by atoms with E-state index in [0.717, 1.165) is 4.90 Å². The number of thioether (sulfide) groups is 3. The van der Waals surface area contributed by atoms with Gasteiger partial charge in [0.1, 0.15) is 23.7 Å². The lowest BCUT2D eigenvalue weighted by atomic mass is 10.0. The maximum atomic E-state index is 12.9. The molecule has 3 heterocycles. The number of nitrogens with one attached hydrogen (secondary N) is 1. The first kappa shape index (κ1) is 29.6. The number of amides is 2. The largest absolute Gasteiger partial charge is 0.481 e. The van der Waals surface area contributed by atoms with Crippen molar-refractivity contribution >= 4 is 82.2 Å². The van der Waals surface area contributed by atoms with E-state index in [-0.39, 0.29) is 23.8 Å². The molecule has 2 aromatic rings. The number of carboxylic acid groups (broad SMARTS) is 2. The predicted octanol–water partition coefficient (Wildman–Crippen LogP) is 3.77. The van der Waals surface area contributed by atoms with E-state index in [1.807, 2.05) is 29.1 Å². The Morgan fingerprint density at radius 1 is 1.13 bits per heavy atom. The third-order valence-electron chi connectivity index (χ3n) is 5.90. The molecule has 1 aromatic carbocycles. The van der Waals surface area contributed by atoms with Gasteiger partial charge in [-0.15, -0.1) is 35.3 Å². The van der Waals surface area contributed by atoms with Crippen molar-refractivity contribution in [1.82, 2.24) is 10.2 Å². The molecule has 0 saturated carbocycles. The van der Waals surface area contributed by atoms with Gasteiger partial charge in [-0.2, -0.15) is 0 Å². The van der Waals surface area contributed by atoms with Gasteiger partial charge in [-0.1, -0.05) is 23.2 Å². The number of benzene rings is 1. The van der Waals surface area contributed by atoms with Gasteiger partial charge in [0.15, 0.2) is 12.4 Å². The molecule has 2 aliphatic rings. The third-order valence-corrected chi connectivity index (χ3v) is 10.1. The van der Waals surface area contributed by atoms with Crippen molar-refractivity contribution in [3.8, 4) is 0 Å². The van der Waals surface area contributed by atoms with Crippen LogP contribution < -0.4 is 9.88 Å². The lowest BCUT2D eigenvalue weighted by Gasteiger charge is -2.49. The minimum Gasteiger partial charge on any atom is -0.481 e. The predicted molar refractivity (Wildman–Crippen MR) is 151 cm³/mol. The van der Waals surface area contributed by atoms with Gasteiger partial charge < -0.3 is 15.5 Å². The molecule has 2 aliphatic heterocycles. The number of β-lactam (4-membered cyclic amide) rings is 1. The molecule has 39 heavy (non-hydrogen) atoms. The van der Waals surface area contributed by atoms with E-state index >= 15 is 0 Å². The molecule has 9 nitrogen and oxygen atoms in total. The van der Waals surface area contributed by atoms with E-state index in [9.17, 15) is 24.3 Å². The lowest BCUT2D eigenvalue weighted by Crippen LogP contribution is -2.70. The fourth-order valence-electron chi connectivity index (χ4n) is 4.01. The Hall–Kier alpha value is -2.38. The third kappa shape index (κ3) is 7.43. The van der Waals surface area contributed by atoms with Crippen LogP contribution >= 0.6 is 58.5 Å². The minimum absolute atomic E-state index is 0.0264. The smallest absolute Gasteiger partial charge is 0.352 e. The Bertz CT molecular complexity index is 1320. The van der Waals surface area contributed by atoms with Crippen LogP contribution in [-0.4, -0.2) is 67.5 Å². The van der Waals surface area contributed by atoms with Crippen molar-refractivity contribution in [3.05, 3.63) is 64.0 Å². The molecule has 0 radical (unpaired) electrons. The number of nitrogens with zero attached hydrogens (tertiary/aromatic N) is 2. The van der Waals surface area contributed by atoms with Crippen LogP contribution in [0.2, 0.25) is 10.0 Å². The average Bonchev–Trinajstić information content (AvgIpc) is 2.90. The van der Waals surface area contributed by atoms with Crippen LogP contribution in [0.15, 0.2) is 63.8 Å². The topological polar surface area (TPSA) is 128 Å². The number of rotatable bonds is 12. The van der Waals surface area contributed by atoms with Gasteiger partial charge in [-0.05, 0) is 23.8 Å². The van der Waals surface area contributed by atoms with Crippen LogP contribution in [0.25, 0.3) is 0 Å². The van der Waals surface area contributed by atoms with Crippen LogP contribution in [0.5, 0.6) is 0 Å². The summed E-state index contributed by atoms with van der Waals surface area (Å²) in [4.78, 5) is 51.1. The molecular formula is C25H24Cl2N3O6S3+. The van der Waals surface area contributed by atoms with Crippen molar-refractivity contribution < 1.29 is 34.0 Å². The summed E-state index contributed by atoms with van der Waals surface area (Å²) in [6, 6.07) is 7.94. The monoisotopic (exact) mass is 628 g/mol. The first-order chi connectivity index (χ1) is 18.6. The van der Waals surface area contributed by atoms with E-state index < -0.39 is 29.3 Å². The summed E-state index contributed by atoms with van der Waals surface area (Å²) in [5.74, 6) is -1.97. The molecule has 2 atom stereocenters. The zero-order valence-electron chi connectivity index (χ0n) is 20.3. The zero-order chi connectivity index (χ0) is 28.1. The maximum Gasteiger partial charge on any atom is 0.352 e. The van der Waals surface area contributed by atoms with Gasteiger partial charge in [-0.3, -0.25) is 19.3 Å². The van der Waals surface area contributed by atoms with Gasteiger partial charge >= 0.3 is 11.9 Å². The number of aliphatic carboxylic acids is 2. The quantitative estimate of drug-likeness (QED) is 0.183. The molecule has 0 bridgehead atoms. The van der Waals surface area contributed by atoms with Crippen molar-refractivity contribution in [2.24, 2.45) is 0 Å². The summed E-state index contributed by atoms with van der Waals surface area (Å²) in [7, 11) is 0. The van der Waals surface area contributed by atoms with Gasteiger partial charge in [0.25, 0.3) is 5.91 Å². The number of aromatic nitrogens is 1. The second-order valence-electron chi connectivity index (χ2n) is 8.63. The number of carboxylic acids is 2. The van der Waals surface area contributed by atoms with Crippen molar-refractivity contribution in [1.29, 1.82) is 0 Å². The highest BCUT2D eigenvalue weighted by atomic mass is 35.5. The number of hydrogen-bond acceptors (Lipinski definition) is 7. The second-order valence-corrected chi connectivity index (χ2v) is 12.6. The van der Waals surface area contributed by atoms with Crippen LogP contribution in [-0.2, 0) is 25.7 Å². The molecule has 1 fully saturated rings. The lowest BCUT2D eigenvalue weighted by molar-refractivity contribution is -0.697. The van der Waals surface area contributed by atoms with Crippen molar-refractivity contribution in [2.45, 2.75) is 40.6 Å². The molecule has 14 heteroatoms. The first-order valence-corrected chi connectivity index (χ1v) is 15.5. The summed E-state index contributed by atoms with van der Waals surface area (Å²) in [5, 5.41) is 21.9. The Morgan fingerprint density at radius 2 is 1.87 bits per heavy atom. The number of carbonyl (C=O) groups excluding carboxylic acids is 2. The highest BCUT2D eigenvalue weighted by Crippen LogP contribution is 2.41. The molecule has 1 saturated heterocycles. The normalized spacial score (nSPS) is 18.4. The molecule has 4 rings (SSSR count). The van der Waals surface area contributed by atoms with Gasteiger partial charge in [0.05, 0.1) is 17.2 Å². The number of hydrogen-bond donors (Lipinski definition) is 3. The average molecular weight is 630 g/mol. The first-order valence-electron chi connectivity index (χ1n) is 11.7. The summed E-state index contributed by atoms with van der Waals surface area (Å²) >= 11 is 16.2. The summed E-state index contributed by atoms with van der Waals surface area (Å²) in [6.07, 6.45) is 4.34. The molecule has 206 valence electrons. The van der Waals surface area contributed by atoms with Gasteiger partial charge in [0, 0.05) is 44.9 Å². The fourth-order valence-corrected chi connectivity index (χ4v) is 7.69. The number of fused-ring (bicyclic) bond motifs is 1. The van der Waals surface area contributed by atoms with Crippen LogP contribution in [0.4, 0.5) is 0 Å². The Balaban J connectivity index is 1.33. The van der Waals surface area contributed by atoms with Crippen LogP contribution in [0.1, 0.15) is 12.8 Å². The Kier molecular flexibility index (Phi) is 10.1. The van der Waals surface area contributed by atoms with E-state index in [4.69, 9.17) is 28.3 Å². The van der Waals surface area contributed by atoms with E-state index in [1.54, 1.807) is 18.2 Å². The van der Waals surface area contributed by atoms with E-state index in [2.05, 4.69) is 5.32 Å². The summed E-state index contributed by atoms with van der Waals surface area (Å²) < 4.78 is 1.89. The standard InChI is InChI=1S/C25H23Cl2N3O6S3/c26-15-3-4-17(27)18(10-15)38-13-19(31)28-21-23(34)30-22(25(35)36)14(12-39-24(21)30)11-37-16-5-8-29(9-6-16)7-1-2-20(32)33/h3-6,8-10,21,24H,1-2,7,11-13H2,(H2-,28,31,32,33,35,36)/p+1/t21-,24-/m1/s1. The number of aryl methyl sites for hydroxylation is 1. The van der Waals surface area contributed by atoms with Crippen LogP contribution in [0, 0.1) is 0 Å². The van der Waals surface area contributed by atoms with Crippen molar-refractivity contribution in [3.63, 3.8) is 0 Å². The highest BCUT2D eigenvalue weighted by Gasteiger charge is 2.54. The number of halogens is 2. The molecule has 1 aromatic heterocycles. The zero-order valence-corrected chi connectivity index (χ0v) is 24.3. The number of carbonyl (C=O) groups is 4. The minimum atomic E-state index is -1.18. The molecule has 0 spiro atoms. The van der Waals surface area contributed by atoms with Crippen LogP contribution in [0.3, 0.4) is 0 Å². The molecular weight excluding hydrogens is 605 g/mol. The van der Waals surface area contributed by atoms with Gasteiger partial charge in [0.2, 0.25) is 5.91 Å². The molecule has 0 aliphatic carbocycles. The SMILES string of the molecule is O=C(O)CCC[n+]1ccc(SCC2=C(C(=O)O)N3C(=O)[C@@H](NC(=O)CSc4cc(Cl)ccc4Cl)[C@H]3SC2)cc1. The number of pyridine rings is 1. The second kappa shape index (κ2) is 13.3. The molecule has 0 unspecified atom stereocenters. The molecule has 2 amide bonds. The van der Waals surface area contributed by atoms with E-state index in [1.165, 1.54) is 40.2 Å². The molecule has 3 N–H and O–H groups in total. The summed E-state index contributed by atoms with van der Waals surface area (Å²) in [5.41, 5.74) is 0.609.